The Bertz CT molecular complexity index is 687. The van der Waals surface area contributed by atoms with Crippen molar-refractivity contribution in [2.45, 2.75) is 12.7 Å². The SMILES string of the molecule is O=C(NCCn1ccc(C(F)(F)F)n1)c1cc(Br)ccc1Cl. The number of carbonyl (C=O) groups excluding carboxylic acids is 1. The third-order valence-electron chi connectivity index (χ3n) is 2.73. The number of alkyl halides is 3. The van der Waals surface area contributed by atoms with Gasteiger partial charge in [-0.1, -0.05) is 27.5 Å². The predicted molar refractivity (Wildman–Crippen MR) is 78.7 cm³/mol. The number of carbonyl (C=O) groups is 1. The van der Waals surface area contributed by atoms with E-state index in [2.05, 4.69) is 26.3 Å². The van der Waals surface area contributed by atoms with E-state index < -0.39 is 17.8 Å². The first-order valence-electron chi connectivity index (χ1n) is 6.11. The second-order valence-electron chi connectivity index (χ2n) is 4.34. The summed E-state index contributed by atoms with van der Waals surface area (Å²) in [5.41, 5.74) is -0.679. The first-order valence-corrected chi connectivity index (χ1v) is 7.28. The molecule has 118 valence electrons. The summed E-state index contributed by atoms with van der Waals surface area (Å²) in [5.74, 6) is -0.408. The summed E-state index contributed by atoms with van der Waals surface area (Å²) >= 11 is 9.15. The fourth-order valence-corrected chi connectivity index (χ4v) is 2.25. The maximum Gasteiger partial charge on any atom is 0.435 e. The van der Waals surface area contributed by atoms with E-state index in [1.54, 1.807) is 18.2 Å². The van der Waals surface area contributed by atoms with Crippen LogP contribution in [0, 0.1) is 0 Å². The lowest BCUT2D eigenvalue weighted by atomic mass is 10.2. The molecule has 22 heavy (non-hydrogen) atoms. The molecule has 1 N–H and O–H groups in total. The topological polar surface area (TPSA) is 46.9 Å². The molecule has 0 saturated carbocycles. The molecule has 0 bridgehead atoms. The van der Waals surface area contributed by atoms with Crippen molar-refractivity contribution in [2.75, 3.05) is 6.54 Å². The Kier molecular flexibility index (Phi) is 5.12. The highest BCUT2D eigenvalue weighted by molar-refractivity contribution is 9.10. The number of aromatic nitrogens is 2. The van der Waals surface area contributed by atoms with Gasteiger partial charge in [0.05, 0.1) is 17.1 Å². The third-order valence-corrected chi connectivity index (χ3v) is 3.55. The van der Waals surface area contributed by atoms with Gasteiger partial charge in [0, 0.05) is 17.2 Å². The minimum atomic E-state index is -4.47. The molecule has 0 aliphatic carbocycles. The largest absolute Gasteiger partial charge is 0.435 e. The Morgan fingerprint density at radius 2 is 2.09 bits per heavy atom. The molecule has 0 aliphatic rings. The zero-order chi connectivity index (χ0) is 16.3. The highest BCUT2D eigenvalue weighted by Crippen LogP contribution is 2.27. The Labute approximate surface area is 137 Å². The van der Waals surface area contributed by atoms with Gasteiger partial charge in [-0.05, 0) is 24.3 Å². The fraction of sp³-hybridized carbons (Fsp3) is 0.231. The normalized spacial score (nSPS) is 11.5. The molecule has 2 rings (SSSR count). The van der Waals surface area contributed by atoms with Crippen LogP contribution >= 0.6 is 27.5 Å². The number of hydrogen-bond donors (Lipinski definition) is 1. The summed E-state index contributed by atoms with van der Waals surface area (Å²) in [6.45, 7) is 0.244. The van der Waals surface area contributed by atoms with Crippen LogP contribution in [-0.4, -0.2) is 22.2 Å². The van der Waals surface area contributed by atoms with Crippen LogP contribution in [0.1, 0.15) is 16.1 Å². The number of benzene rings is 1. The molecule has 1 amide bonds. The highest BCUT2D eigenvalue weighted by Gasteiger charge is 2.33. The van der Waals surface area contributed by atoms with Crippen LogP contribution in [0.15, 0.2) is 34.9 Å². The Morgan fingerprint density at radius 1 is 1.36 bits per heavy atom. The van der Waals surface area contributed by atoms with E-state index in [1.165, 1.54) is 6.20 Å². The highest BCUT2D eigenvalue weighted by atomic mass is 79.9. The number of nitrogens with one attached hydrogen (secondary N) is 1. The summed E-state index contributed by atoms with van der Waals surface area (Å²) < 4.78 is 39.0. The molecule has 1 aromatic carbocycles. The van der Waals surface area contributed by atoms with Crippen molar-refractivity contribution in [1.82, 2.24) is 15.1 Å². The zero-order valence-corrected chi connectivity index (χ0v) is 13.3. The van der Waals surface area contributed by atoms with Crippen molar-refractivity contribution in [3.05, 3.63) is 51.2 Å². The lowest BCUT2D eigenvalue weighted by Crippen LogP contribution is -2.27. The van der Waals surface area contributed by atoms with Gasteiger partial charge in [-0.25, -0.2) is 0 Å². The second-order valence-corrected chi connectivity index (χ2v) is 5.66. The lowest BCUT2D eigenvalue weighted by molar-refractivity contribution is -0.141. The standard InChI is InChI=1S/C13H10BrClF3N3O/c14-8-1-2-10(15)9(7-8)12(22)19-4-6-21-5-3-11(20-21)13(16,17)18/h1-3,5,7H,4,6H2,(H,19,22). The molecule has 0 fully saturated rings. The minimum Gasteiger partial charge on any atom is -0.350 e. The molecule has 0 radical (unpaired) electrons. The van der Waals surface area contributed by atoms with E-state index in [4.69, 9.17) is 11.6 Å². The van der Waals surface area contributed by atoms with Crippen LogP contribution in [0.3, 0.4) is 0 Å². The van der Waals surface area contributed by atoms with E-state index in [1.807, 2.05) is 0 Å². The monoisotopic (exact) mass is 395 g/mol. The molecule has 2 aromatic rings. The molecule has 0 unspecified atom stereocenters. The molecule has 4 nitrogen and oxygen atoms in total. The Hall–Kier alpha value is -1.54. The number of nitrogens with zero attached hydrogens (tertiary/aromatic N) is 2. The molecule has 0 spiro atoms. The van der Waals surface area contributed by atoms with Crippen molar-refractivity contribution >= 4 is 33.4 Å². The first kappa shape index (κ1) is 16.8. The molecule has 1 heterocycles. The molecule has 0 atom stereocenters. The van der Waals surface area contributed by atoms with Crippen molar-refractivity contribution in [1.29, 1.82) is 0 Å². The summed E-state index contributed by atoms with van der Waals surface area (Å²) in [5, 5.41) is 6.26. The summed E-state index contributed by atoms with van der Waals surface area (Å²) in [4.78, 5) is 11.9. The fourth-order valence-electron chi connectivity index (χ4n) is 1.69. The van der Waals surface area contributed by atoms with Gasteiger partial charge in [0.15, 0.2) is 5.69 Å². The summed E-state index contributed by atoms with van der Waals surface area (Å²) in [6, 6.07) is 5.71. The van der Waals surface area contributed by atoms with Gasteiger partial charge < -0.3 is 5.32 Å². The van der Waals surface area contributed by atoms with Gasteiger partial charge in [-0.15, -0.1) is 0 Å². The lowest BCUT2D eigenvalue weighted by Gasteiger charge is -2.07. The maximum atomic E-state index is 12.4. The quantitative estimate of drug-likeness (QED) is 0.856. The summed E-state index contributed by atoms with van der Waals surface area (Å²) in [6.07, 6.45) is -3.26. The van der Waals surface area contributed by atoms with Gasteiger partial charge in [0.25, 0.3) is 5.91 Å². The van der Waals surface area contributed by atoms with Crippen molar-refractivity contribution in [2.24, 2.45) is 0 Å². The van der Waals surface area contributed by atoms with E-state index in [-0.39, 0.29) is 18.7 Å². The Morgan fingerprint density at radius 3 is 2.73 bits per heavy atom. The molecular formula is C13H10BrClF3N3O. The number of rotatable bonds is 4. The van der Waals surface area contributed by atoms with Gasteiger partial charge in [0.2, 0.25) is 0 Å². The zero-order valence-electron chi connectivity index (χ0n) is 11.0. The smallest absolute Gasteiger partial charge is 0.350 e. The predicted octanol–water partition coefficient (Wildman–Crippen LogP) is 3.75. The Balaban J connectivity index is 1.92. The van der Waals surface area contributed by atoms with Crippen molar-refractivity contribution in [3.63, 3.8) is 0 Å². The van der Waals surface area contributed by atoms with E-state index in [0.717, 1.165) is 10.7 Å². The second kappa shape index (κ2) is 6.70. The van der Waals surface area contributed by atoms with E-state index in [9.17, 15) is 18.0 Å². The van der Waals surface area contributed by atoms with Crippen molar-refractivity contribution in [3.8, 4) is 0 Å². The van der Waals surface area contributed by atoms with Gasteiger partial charge in [0.1, 0.15) is 0 Å². The maximum absolute atomic E-state index is 12.4. The van der Waals surface area contributed by atoms with Crippen LogP contribution in [0.25, 0.3) is 0 Å². The number of amides is 1. The van der Waals surface area contributed by atoms with Gasteiger partial charge >= 0.3 is 6.18 Å². The van der Waals surface area contributed by atoms with Crippen LogP contribution in [0.2, 0.25) is 5.02 Å². The molecular weight excluding hydrogens is 387 g/mol. The average molecular weight is 397 g/mol. The first-order chi connectivity index (χ1) is 10.3. The van der Waals surface area contributed by atoms with Crippen LogP contribution in [0.5, 0.6) is 0 Å². The number of halogens is 5. The summed E-state index contributed by atoms with van der Waals surface area (Å²) in [7, 11) is 0. The molecule has 0 aliphatic heterocycles. The minimum absolute atomic E-state index is 0.118. The third kappa shape index (κ3) is 4.23. The van der Waals surface area contributed by atoms with Gasteiger partial charge in [-0.2, -0.15) is 18.3 Å². The van der Waals surface area contributed by atoms with Crippen molar-refractivity contribution < 1.29 is 18.0 Å². The van der Waals surface area contributed by atoms with E-state index >= 15 is 0 Å². The molecule has 9 heteroatoms. The van der Waals surface area contributed by atoms with Gasteiger partial charge in [-0.3, -0.25) is 9.48 Å². The molecule has 1 aromatic heterocycles. The number of hydrogen-bond acceptors (Lipinski definition) is 2. The van der Waals surface area contributed by atoms with Crippen LogP contribution in [-0.2, 0) is 12.7 Å². The average Bonchev–Trinajstić information content (AvgIpc) is 2.90. The van der Waals surface area contributed by atoms with E-state index in [0.29, 0.717) is 9.50 Å². The van der Waals surface area contributed by atoms with Crippen LogP contribution in [0.4, 0.5) is 13.2 Å². The molecule has 0 saturated heterocycles. The van der Waals surface area contributed by atoms with Crippen LogP contribution < -0.4 is 5.32 Å².